The molecule has 0 radical (unpaired) electrons. The summed E-state index contributed by atoms with van der Waals surface area (Å²) in [6, 6.07) is 2.98. The SMILES string of the molecule is CC(C)c1nc2nc(C(=O)O)ccc2o1. The average Bonchev–Trinajstić information content (AvgIpc) is 2.59. The lowest BCUT2D eigenvalue weighted by molar-refractivity contribution is 0.0691. The fraction of sp³-hybridized carbons (Fsp3) is 0.300. The van der Waals surface area contributed by atoms with Crippen LogP contribution in [-0.4, -0.2) is 21.0 Å². The highest BCUT2D eigenvalue weighted by atomic mass is 16.4. The fourth-order valence-corrected chi connectivity index (χ4v) is 1.20. The predicted molar refractivity (Wildman–Crippen MR) is 52.9 cm³/mol. The van der Waals surface area contributed by atoms with Crippen molar-refractivity contribution in [1.29, 1.82) is 0 Å². The molecular weight excluding hydrogens is 196 g/mol. The zero-order valence-corrected chi connectivity index (χ0v) is 8.39. The van der Waals surface area contributed by atoms with Gasteiger partial charge in [0, 0.05) is 5.92 Å². The fourth-order valence-electron chi connectivity index (χ4n) is 1.20. The van der Waals surface area contributed by atoms with E-state index in [1.807, 2.05) is 13.8 Å². The number of carboxylic acid groups (broad SMARTS) is 1. The second kappa shape index (κ2) is 3.34. The number of hydrogen-bond donors (Lipinski definition) is 1. The summed E-state index contributed by atoms with van der Waals surface area (Å²) in [7, 11) is 0. The molecule has 2 aromatic rings. The summed E-state index contributed by atoms with van der Waals surface area (Å²) in [5.41, 5.74) is 0.841. The third-order valence-corrected chi connectivity index (χ3v) is 1.98. The van der Waals surface area contributed by atoms with E-state index in [9.17, 15) is 4.79 Å². The van der Waals surface area contributed by atoms with Gasteiger partial charge in [-0.25, -0.2) is 9.78 Å². The Hall–Kier alpha value is -1.91. The van der Waals surface area contributed by atoms with E-state index in [1.165, 1.54) is 6.07 Å². The van der Waals surface area contributed by atoms with Crippen molar-refractivity contribution in [3.8, 4) is 0 Å². The van der Waals surface area contributed by atoms with E-state index < -0.39 is 5.97 Å². The molecule has 0 saturated heterocycles. The van der Waals surface area contributed by atoms with Gasteiger partial charge in [-0.05, 0) is 12.1 Å². The molecule has 0 bridgehead atoms. The van der Waals surface area contributed by atoms with Crippen molar-refractivity contribution in [3.63, 3.8) is 0 Å². The maximum absolute atomic E-state index is 10.7. The minimum absolute atomic E-state index is 0.0221. The third kappa shape index (κ3) is 1.68. The van der Waals surface area contributed by atoms with Crippen LogP contribution in [0.25, 0.3) is 11.2 Å². The molecule has 0 spiro atoms. The molecule has 2 heterocycles. The van der Waals surface area contributed by atoms with Gasteiger partial charge in [0.1, 0.15) is 0 Å². The van der Waals surface area contributed by atoms with Crippen LogP contribution in [0, 0.1) is 0 Å². The lowest BCUT2D eigenvalue weighted by Gasteiger charge is -1.93. The quantitative estimate of drug-likeness (QED) is 0.813. The number of aromatic carboxylic acids is 1. The van der Waals surface area contributed by atoms with Gasteiger partial charge in [-0.3, -0.25) is 0 Å². The summed E-state index contributed by atoms with van der Waals surface area (Å²) in [6.07, 6.45) is 0. The molecule has 0 aliphatic rings. The molecule has 0 aliphatic carbocycles. The maximum Gasteiger partial charge on any atom is 0.354 e. The van der Waals surface area contributed by atoms with Crippen LogP contribution in [-0.2, 0) is 0 Å². The van der Waals surface area contributed by atoms with E-state index in [-0.39, 0.29) is 11.6 Å². The molecule has 0 unspecified atom stereocenters. The largest absolute Gasteiger partial charge is 0.477 e. The summed E-state index contributed by atoms with van der Waals surface area (Å²) >= 11 is 0. The zero-order chi connectivity index (χ0) is 11.0. The van der Waals surface area contributed by atoms with Crippen molar-refractivity contribution in [3.05, 3.63) is 23.7 Å². The van der Waals surface area contributed by atoms with Crippen molar-refractivity contribution < 1.29 is 14.3 Å². The standard InChI is InChI=1S/C10H10N2O3/c1-5(2)9-12-8-7(15-9)4-3-6(11-8)10(13)14/h3-5H,1-2H3,(H,13,14). The van der Waals surface area contributed by atoms with E-state index in [4.69, 9.17) is 9.52 Å². The summed E-state index contributed by atoms with van der Waals surface area (Å²) in [6.45, 7) is 3.89. The van der Waals surface area contributed by atoms with Crippen molar-refractivity contribution >= 4 is 17.2 Å². The van der Waals surface area contributed by atoms with Crippen LogP contribution in [0.5, 0.6) is 0 Å². The number of rotatable bonds is 2. The Morgan fingerprint density at radius 2 is 2.13 bits per heavy atom. The smallest absolute Gasteiger partial charge is 0.354 e. The van der Waals surface area contributed by atoms with E-state index in [1.54, 1.807) is 6.07 Å². The number of pyridine rings is 1. The van der Waals surface area contributed by atoms with E-state index in [0.717, 1.165) is 0 Å². The Balaban J connectivity index is 2.57. The molecule has 0 atom stereocenters. The molecule has 15 heavy (non-hydrogen) atoms. The van der Waals surface area contributed by atoms with Crippen LogP contribution < -0.4 is 0 Å². The second-order valence-corrected chi connectivity index (χ2v) is 3.53. The van der Waals surface area contributed by atoms with Crippen LogP contribution >= 0.6 is 0 Å². The average molecular weight is 206 g/mol. The molecule has 2 aromatic heterocycles. The number of nitrogens with zero attached hydrogens (tertiary/aromatic N) is 2. The lowest BCUT2D eigenvalue weighted by Crippen LogP contribution is -1.99. The van der Waals surface area contributed by atoms with E-state index >= 15 is 0 Å². The minimum atomic E-state index is -1.06. The molecule has 78 valence electrons. The summed E-state index contributed by atoms with van der Waals surface area (Å²) in [5.74, 6) is -0.335. The van der Waals surface area contributed by atoms with Gasteiger partial charge in [0.25, 0.3) is 0 Å². The van der Waals surface area contributed by atoms with Crippen LogP contribution in [0.15, 0.2) is 16.5 Å². The number of oxazole rings is 1. The van der Waals surface area contributed by atoms with Gasteiger partial charge in [0.15, 0.2) is 22.8 Å². The predicted octanol–water partition coefficient (Wildman–Crippen LogP) is 2.04. The normalized spacial score (nSPS) is 11.1. The number of hydrogen-bond acceptors (Lipinski definition) is 4. The van der Waals surface area contributed by atoms with Crippen molar-refractivity contribution in [2.75, 3.05) is 0 Å². The van der Waals surface area contributed by atoms with E-state index in [0.29, 0.717) is 17.1 Å². The summed E-state index contributed by atoms with van der Waals surface area (Å²) in [5, 5.41) is 8.74. The highest BCUT2D eigenvalue weighted by Gasteiger charge is 2.12. The first-order valence-electron chi connectivity index (χ1n) is 4.58. The summed E-state index contributed by atoms with van der Waals surface area (Å²) < 4.78 is 5.40. The van der Waals surface area contributed by atoms with Crippen molar-refractivity contribution in [2.24, 2.45) is 0 Å². The van der Waals surface area contributed by atoms with Gasteiger partial charge in [0.2, 0.25) is 0 Å². The molecule has 0 fully saturated rings. The first kappa shape index (κ1) is 9.64. The van der Waals surface area contributed by atoms with Gasteiger partial charge in [0.05, 0.1) is 0 Å². The minimum Gasteiger partial charge on any atom is -0.477 e. The van der Waals surface area contributed by atoms with Crippen molar-refractivity contribution in [2.45, 2.75) is 19.8 Å². The highest BCUT2D eigenvalue weighted by molar-refractivity contribution is 5.87. The van der Waals surface area contributed by atoms with Crippen LogP contribution in [0.2, 0.25) is 0 Å². The van der Waals surface area contributed by atoms with Crippen LogP contribution in [0.3, 0.4) is 0 Å². The molecule has 5 heteroatoms. The van der Waals surface area contributed by atoms with E-state index in [2.05, 4.69) is 9.97 Å². The van der Waals surface area contributed by atoms with Gasteiger partial charge >= 0.3 is 5.97 Å². The Morgan fingerprint density at radius 1 is 1.40 bits per heavy atom. The topological polar surface area (TPSA) is 76.2 Å². The Labute approximate surface area is 85.8 Å². The molecule has 1 N–H and O–H groups in total. The molecule has 0 saturated carbocycles. The molecular formula is C10H10N2O3. The molecule has 0 amide bonds. The molecule has 0 aliphatic heterocycles. The van der Waals surface area contributed by atoms with Crippen LogP contribution in [0.4, 0.5) is 0 Å². The number of aromatic nitrogens is 2. The lowest BCUT2D eigenvalue weighted by atomic mass is 10.2. The van der Waals surface area contributed by atoms with Gasteiger partial charge in [-0.1, -0.05) is 13.8 Å². The summed E-state index contributed by atoms with van der Waals surface area (Å²) in [4.78, 5) is 18.7. The first-order valence-corrected chi connectivity index (χ1v) is 4.58. The van der Waals surface area contributed by atoms with Crippen LogP contribution in [0.1, 0.15) is 36.1 Å². The second-order valence-electron chi connectivity index (χ2n) is 3.53. The monoisotopic (exact) mass is 206 g/mol. The maximum atomic E-state index is 10.7. The molecule has 0 aromatic carbocycles. The highest BCUT2D eigenvalue weighted by Crippen LogP contribution is 2.19. The molecule has 5 nitrogen and oxygen atoms in total. The Morgan fingerprint density at radius 3 is 2.73 bits per heavy atom. The molecule has 2 rings (SSSR count). The van der Waals surface area contributed by atoms with Crippen molar-refractivity contribution in [1.82, 2.24) is 9.97 Å². The number of carboxylic acids is 1. The van der Waals surface area contributed by atoms with Gasteiger partial charge < -0.3 is 9.52 Å². The van der Waals surface area contributed by atoms with Gasteiger partial charge in [-0.2, -0.15) is 4.98 Å². The number of carbonyl (C=O) groups is 1. The zero-order valence-electron chi connectivity index (χ0n) is 8.39. The Kier molecular flexibility index (Phi) is 2.15. The first-order chi connectivity index (χ1) is 7.08. The third-order valence-electron chi connectivity index (χ3n) is 1.98. The Bertz CT molecular complexity index is 516. The number of fused-ring (bicyclic) bond motifs is 1. The van der Waals surface area contributed by atoms with Gasteiger partial charge in [-0.15, -0.1) is 0 Å².